The van der Waals surface area contributed by atoms with E-state index in [2.05, 4.69) is 11.3 Å². The predicted molar refractivity (Wildman–Crippen MR) is 180 cm³/mol. The maximum absolute atomic E-state index is 14.3. The van der Waals surface area contributed by atoms with Crippen LogP contribution in [0.2, 0.25) is 5.02 Å². The molecular weight excluding hydrogens is 586 g/mol. The molecule has 7 rings (SSSR count). The maximum Gasteiger partial charge on any atom is 0.420 e. The molecule has 4 aliphatic rings. The lowest BCUT2D eigenvalue weighted by Crippen LogP contribution is -2.54. The van der Waals surface area contributed by atoms with Crippen molar-refractivity contribution in [1.82, 2.24) is 14.3 Å². The second-order valence-corrected chi connectivity index (χ2v) is 14.0. The standard InChI is InChI=1S/C36H45ClN5O3/c1-25-23-39(33-21-27(12-16-32(33)41(25)26(2)43)28-22-38-40(24-28)29-13-14-29)36(44)45-34-17-15-31(37)30-11-10-20-42(35(30)34)18-8-6-4-3-5-7-9-19-42/h12,15-17,21-22,24-25,29H,3-11,13-14,18-20,23H2,1-2H3/q+1/t25-/m0/s1. The Morgan fingerprint density at radius 1 is 0.911 bits per heavy atom. The van der Waals surface area contributed by atoms with Crippen molar-refractivity contribution < 1.29 is 14.3 Å². The van der Waals surface area contributed by atoms with E-state index in [1.165, 1.54) is 32.1 Å². The molecule has 1 saturated heterocycles. The quantitative estimate of drug-likeness (QED) is 0.273. The van der Waals surface area contributed by atoms with Crippen LogP contribution in [0.5, 0.6) is 5.75 Å². The van der Waals surface area contributed by atoms with Gasteiger partial charge in [-0.15, -0.1) is 0 Å². The molecule has 0 N–H and O–H groups in total. The van der Waals surface area contributed by atoms with E-state index < -0.39 is 6.09 Å². The van der Waals surface area contributed by atoms with Gasteiger partial charge in [0.15, 0.2) is 11.4 Å². The highest BCUT2D eigenvalue weighted by atomic mass is 35.5. The fraction of sp³-hybridized carbons (Fsp3) is 0.528. The highest BCUT2D eigenvalue weighted by Crippen LogP contribution is 2.46. The number of carbonyl (C=O) groups is 2. The van der Waals surface area contributed by atoms with Crippen LogP contribution in [0.1, 0.15) is 89.7 Å². The number of halogens is 1. The largest absolute Gasteiger partial charge is 0.420 e. The van der Waals surface area contributed by atoms with E-state index in [1.807, 2.05) is 48.1 Å². The average Bonchev–Trinajstić information content (AvgIpc) is 3.77. The molecule has 1 aliphatic carbocycles. The second kappa shape index (κ2) is 12.4. The van der Waals surface area contributed by atoms with Gasteiger partial charge in [0, 0.05) is 42.2 Å². The molecule has 1 saturated carbocycles. The van der Waals surface area contributed by atoms with Gasteiger partial charge >= 0.3 is 6.09 Å². The summed E-state index contributed by atoms with van der Waals surface area (Å²) in [6, 6.07) is 10.0. The zero-order valence-electron chi connectivity index (χ0n) is 26.6. The van der Waals surface area contributed by atoms with E-state index in [-0.39, 0.29) is 11.9 Å². The van der Waals surface area contributed by atoms with Crippen molar-refractivity contribution in [3.8, 4) is 16.9 Å². The van der Waals surface area contributed by atoms with Gasteiger partial charge in [0.05, 0.1) is 49.3 Å². The van der Waals surface area contributed by atoms with Crippen molar-refractivity contribution in [2.24, 2.45) is 0 Å². The number of fused-ring (bicyclic) bond motifs is 3. The van der Waals surface area contributed by atoms with Crippen LogP contribution >= 0.6 is 11.6 Å². The molecule has 45 heavy (non-hydrogen) atoms. The van der Waals surface area contributed by atoms with Crippen LogP contribution in [0.3, 0.4) is 0 Å². The van der Waals surface area contributed by atoms with Crippen LogP contribution in [-0.4, -0.2) is 54.0 Å². The number of aromatic nitrogens is 2. The van der Waals surface area contributed by atoms with Gasteiger partial charge in [0.2, 0.25) is 5.91 Å². The summed E-state index contributed by atoms with van der Waals surface area (Å²) in [6.07, 6.45) is 16.5. The topological polar surface area (TPSA) is 67.7 Å². The first-order valence-corrected chi connectivity index (χ1v) is 17.4. The smallest absolute Gasteiger partial charge is 0.404 e. The van der Waals surface area contributed by atoms with Crippen LogP contribution in [0.4, 0.5) is 21.9 Å². The first-order valence-electron chi connectivity index (χ1n) is 17.0. The van der Waals surface area contributed by atoms with E-state index >= 15 is 0 Å². The Hall–Kier alpha value is -3.36. The molecule has 2 fully saturated rings. The van der Waals surface area contributed by atoms with E-state index in [1.54, 1.807) is 16.7 Å². The van der Waals surface area contributed by atoms with E-state index in [4.69, 9.17) is 16.3 Å². The third-order valence-electron chi connectivity index (χ3n) is 10.4. The highest BCUT2D eigenvalue weighted by molar-refractivity contribution is 6.32. The van der Waals surface area contributed by atoms with Crippen molar-refractivity contribution in [2.45, 2.75) is 96.6 Å². The number of hydrogen-bond donors (Lipinski definition) is 0. The summed E-state index contributed by atoms with van der Waals surface area (Å²) in [6.45, 7) is 7.05. The maximum atomic E-state index is 14.3. The summed E-state index contributed by atoms with van der Waals surface area (Å²) in [5, 5.41) is 5.35. The normalized spacial score (nSPS) is 21.6. The average molecular weight is 631 g/mol. The van der Waals surface area contributed by atoms with Crippen LogP contribution in [-0.2, 0) is 11.2 Å². The van der Waals surface area contributed by atoms with Gasteiger partial charge in [-0.05, 0) is 81.7 Å². The Morgan fingerprint density at radius 2 is 1.62 bits per heavy atom. The van der Waals surface area contributed by atoms with Gasteiger partial charge in [-0.3, -0.25) is 18.9 Å². The molecule has 1 spiro atoms. The number of carbonyl (C=O) groups excluding carboxylic acids is 2. The van der Waals surface area contributed by atoms with Gasteiger partial charge < -0.3 is 9.64 Å². The van der Waals surface area contributed by atoms with E-state index in [0.29, 0.717) is 29.7 Å². The van der Waals surface area contributed by atoms with Gasteiger partial charge in [-0.2, -0.15) is 5.10 Å². The lowest BCUT2D eigenvalue weighted by Gasteiger charge is -2.44. The Labute approximate surface area is 271 Å². The molecule has 1 atom stereocenters. The molecule has 3 aliphatic heterocycles. The Kier molecular flexibility index (Phi) is 8.38. The van der Waals surface area contributed by atoms with Crippen LogP contribution < -0.4 is 19.0 Å². The summed E-state index contributed by atoms with van der Waals surface area (Å²) in [7, 11) is 0. The third kappa shape index (κ3) is 5.87. The van der Waals surface area contributed by atoms with Crippen molar-refractivity contribution in [1.29, 1.82) is 0 Å². The molecular formula is C36H45ClN5O3+. The number of hydrogen-bond acceptors (Lipinski definition) is 4. The molecule has 0 radical (unpaired) electrons. The monoisotopic (exact) mass is 630 g/mol. The van der Waals surface area contributed by atoms with Crippen molar-refractivity contribution >= 4 is 40.7 Å². The van der Waals surface area contributed by atoms with Gasteiger partial charge in [-0.1, -0.05) is 36.9 Å². The fourth-order valence-electron chi connectivity index (χ4n) is 8.01. The van der Waals surface area contributed by atoms with E-state index in [9.17, 15) is 9.59 Å². The molecule has 9 heteroatoms. The Bertz CT molecular complexity index is 1590. The number of quaternary nitrogens is 1. The van der Waals surface area contributed by atoms with Crippen molar-refractivity contribution in [3.63, 3.8) is 0 Å². The number of rotatable bonds is 3. The molecule has 8 nitrogen and oxygen atoms in total. The molecule has 0 bridgehead atoms. The van der Waals surface area contributed by atoms with Gasteiger partial charge in [0.25, 0.3) is 0 Å². The zero-order chi connectivity index (χ0) is 31.1. The molecule has 1 aromatic heterocycles. The molecule has 0 unspecified atom stereocenters. The Morgan fingerprint density at radius 3 is 2.33 bits per heavy atom. The molecule has 4 heterocycles. The summed E-state index contributed by atoms with van der Waals surface area (Å²) in [5.41, 5.74) is 5.59. The second-order valence-electron chi connectivity index (χ2n) is 13.6. The zero-order valence-corrected chi connectivity index (χ0v) is 27.4. The molecule has 3 aromatic rings. The van der Waals surface area contributed by atoms with Gasteiger partial charge in [0.1, 0.15) is 0 Å². The minimum atomic E-state index is -0.425. The number of amides is 2. The van der Waals surface area contributed by atoms with Crippen LogP contribution in [0.25, 0.3) is 11.1 Å². The lowest BCUT2D eigenvalue weighted by atomic mass is 9.95. The lowest BCUT2D eigenvalue weighted by molar-refractivity contribution is -0.117. The fourth-order valence-corrected chi connectivity index (χ4v) is 8.25. The SMILES string of the molecule is CC(=O)N1c2ccc(-c3cnn(C4CC4)c3)cc2N(C(=O)Oc2ccc(Cl)c3c2[N+]2(CCCCCCCCC2)CCC3)C[C@@H]1C. The number of ether oxygens (including phenoxy) is 1. The van der Waals surface area contributed by atoms with Crippen molar-refractivity contribution in [3.05, 3.63) is 53.3 Å². The minimum Gasteiger partial charge on any atom is -0.404 e. The van der Waals surface area contributed by atoms with Crippen molar-refractivity contribution in [2.75, 3.05) is 36.0 Å². The molecule has 238 valence electrons. The predicted octanol–water partition coefficient (Wildman–Crippen LogP) is 8.30. The number of nitrogens with zero attached hydrogens (tertiary/aromatic N) is 5. The summed E-state index contributed by atoms with van der Waals surface area (Å²) in [5.74, 6) is 0.578. The van der Waals surface area contributed by atoms with Gasteiger partial charge in [-0.25, -0.2) is 4.79 Å². The number of benzene rings is 2. The Balaban J connectivity index is 1.25. The first-order chi connectivity index (χ1) is 21.8. The molecule has 2 amide bonds. The molecule has 2 aromatic carbocycles. The van der Waals surface area contributed by atoms with E-state index in [0.717, 1.165) is 90.0 Å². The summed E-state index contributed by atoms with van der Waals surface area (Å²) in [4.78, 5) is 30.6. The third-order valence-corrected chi connectivity index (χ3v) is 10.7. The minimum absolute atomic E-state index is 0.0481. The highest BCUT2D eigenvalue weighted by Gasteiger charge is 2.41. The summed E-state index contributed by atoms with van der Waals surface area (Å²) >= 11 is 6.86. The summed E-state index contributed by atoms with van der Waals surface area (Å²) < 4.78 is 9.32. The van der Waals surface area contributed by atoms with Crippen LogP contribution in [0.15, 0.2) is 42.7 Å². The number of anilines is 2. The van der Waals surface area contributed by atoms with Crippen LogP contribution in [0, 0.1) is 0 Å². The first kappa shape index (κ1) is 30.3.